The number of aliphatic hydroxyl groups is 2. The second kappa shape index (κ2) is 16.6. The number of phenolic OH excluding ortho intramolecular Hbond substituents is 1. The Morgan fingerprint density at radius 3 is 1.74 bits per heavy atom. The van der Waals surface area contributed by atoms with Gasteiger partial charge in [-0.2, -0.15) is 0 Å². The van der Waals surface area contributed by atoms with Crippen LogP contribution in [0.1, 0.15) is 54.7 Å². The molecule has 1 aromatic heterocycles. The molecule has 0 spiro atoms. The molecule has 4 aromatic rings. The summed E-state index contributed by atoms with van der Waals surface area (Å²) in [6.45, 7) is 6.45. The number of nitrogens with zero attached hydrogens (tertiary/aromatic N) is 3. The van der Waals surface area contributed by atoms with Gasteiger partial charge in [-0.15, -0.1) is 0 Å². The number of β-amino-alcohol motifs (C(OH)–C–C–N with tert-alkyl or cyclic N) is 2. The quantitative estimate of drug-likeness (QED) is 0.143. The second-order valence-electron chi connectivity index (χ2n) is 15.4. The molecule has 2 saturated heterocycles. The van der Waals surface area contributed by atoms with Crippen molar-refractivity contribution >= 4 is 0 Å². The average Bonchev–Trinajstić information content (AvgIpc) is 3.89. The van der Waals surface area contributed by atoms with Crippen LogP contribution in [0.25, 0.3) is 0 Å². The van der Waals surface area contributed by atoms with E-state index in [4.69, 9.17) is 9.47 Å². The van der Waals surface area contributed by atoms with Crippen molar-refractivity contribution < 1.29 is 43.1 Å². The molecule has 54 heavy (non-hydrogen) atoms. The molecule has 12 heteroatoms. The summed E-state index contributed by atoms with van der Waals surface area (Å²) in [7, 11) is 0. The Morgan fingerprint density at radius 2 is 1.20 bits per heavy atom. The highest BCUT2D eigenvalue weighted by molar-refractivity contribution is 5.30. The molecule has 0 bridgehead atoms. The van der Waals surface area contributed by atoms with E-state index < -0.39 is 23.8 Å². The molecular weight excluding hydrogens is 699 g/mol. The van der Waals surface area contributed by atoms with Gasteiger partial charge in [0.1, 0.15) is 17.6 Å². The van der Waals surface area contributed by atoms with E-state index in [1.165, 1.54) is 36.5 Å². The number of fused-ring (bicyclic) bond motifs is 2. The summed E-state index contributed by atoms with van der Waals surface area (Å²) in [4.78, 5) is 8.57. The molecule has 8 atom stereocenters. The minimum atomic E-state index is -0.668. The van der Waals surface area contributed by atoms with Crippen LogP contribution < -0.4 is 9.47 Å². The van der Waals surface area contributed by atoms with E-state index in [-0.39, 0.29) is 35.3 Å². The van der Waals surface area contributed by atoms with Crippen molar-refractivity contribution in [2.45, 2.75) is 57.0 Å². The van der Waals surface area contributed by atoms with Crippen molar-refractivity contribution in [2.75, 3.05) is 39.3 Å². The monoisotopic (exact) mass is 747 g/mol. The second-order valence-corrected chi connectivity index (χ2v) is 15.4. The minimum absolute atomic E-state index is 0.0584. The number of rotatable bonds is 10. The lowest BCUT2D eigenvalue weighted by molar-refractivity contribution is 0.112. The van der Waals surface area contributed by atoms with Crippen molar-refractivity contribution in [3.63, 3.8) is 0 Å². The first-order valence-corrected chi connectivity index (χ1v) is 18.8. The van der Waals surface area contributed by atoms with Crippen LogP contribution in [0.5, 0.6) is 23.0 Å². The lowest BCUT2D eigenvalue weighted by atomic mass is 10.0. The van der Waals surface area contributed by atoms with Gasteiger partial charge in [0.2, 0.25) is 0 Å². The molecule has 9 nitrogen and oxygen atoms in total. The Morgan fingerprint density at radius 1 is 0.667 bits per heavy atom. The zero-order valence-corrected chi connectivity index (χ0v) is 30.3. The van der Waals surface area contributed by atoms with Crippen molar-refractivity contribution in [3.8, 4) is 23.0 Å². The van der Waals surface area contributed by atoms with Gasteiger partial charge in [0.25, 0.3) is 0 Å². The molecule has 4 aliphatic rings. The van der Waals surface area contributed by atoms with Gasteiger partial charge in [0, 0.05) is 39.3 Å². The van der Waals surface area contributed by atoms with Gasteiger partial charge in [-0.3, -0.25) is 14.8 Å². The first-order valence-electron chi connectivity index (χ1n) is 18.8. The van der Waals surface area contributed by atoms with Gasteiger partial charge in [-0.25, -0.2) is 13.2 Å². The van der Waals surface area contributed by atoms with E-state index in [2.05, 4.69) is 14.8 Å². The summed E-state index contributed by atoms with van der Waals surface area (Å²) in [5.41, 5.74) is 2.24. The van der Waals surface area contributed by atoms with E-state index in [0.29, 0.717) is 48.2 Å². The van der Waals surface area contributed by atoms with Gasteiger partial charge in [0.15, 0.2) is 29.0 Å². The van der Waals surface area contributed by atoms with E-state index >= 15 is 0 Å². The van der Waals surface area contributed by atoms with Crippen LogP contribution in [0.4, 0.5) is 13.2 Å². The lowest BCUT2D eigenvalue weighted by Crippen LogP contribution is -2.29. The predicted molar refractivity (Wildman–Crippen MR) is 196 cm³/mol. The maximum Gasteiger partial charge on any atom is 0.191 e. The van der Waals surface area contributed by atoms with E-state index in [1.54, 1.807) is 36.4 Å². The Balaban J connectivity index is 0.000000167. The molecular formula is C42H48F3N3O6. The minimum Gasteiger partial charge on any atom is -0.508 e. The summed E-state index contributed by atoms with van der Waals surface area (Å²) >= 11 is 0. The number of benzene rings is 3. The topological polar surface area (TPSA) is 119 Å². The summed E-state index contributed by atoms with van der Waals surface area (Å²) in [5, 5.41) is 39.4. The molecule has 0 amide bonds. The number of aryl methyl sites for hydroxylation is 1. The fraction of sp³-hybridized carbons (Fsp3) is 0.452. The van der Waals surface area contributed by atoms with Crippen LogP contribution in [0.2, 0.25) is 0 Å². The highest BCUT2D eigenvalue weighted by atomic mass is 19.1. The Hall–Kier alpha value is -4.36. The van der Waals surface area contributed by atoms with Crippen LogP contribution in [0.15, 0.2) is 79.0 Å². The van der Waals surface area contributed by atoms with Crippen molar-refractivity contribution in [1.29, 1.82) is 0 Å². The van der Waals surface area contributed by atoms with E-state index in [1.807, 2.05) is 13.0 Å². The first kappa shape index (κ1) is 37.9. The van der Waals surface area contributed by atoms with Gasteiger partial charge in [-0.05, 0) is 116 Å². The summed E-state index contributed by atoms with van der Waals surface area (Å²) in [6, 6.07) is 18.6. The van der Waals surface area contributed by atoms with Gasteiger partial charge in [0.05, 0.1) is 30.2 Å². The average molecular weight is 748 g/mol. The number of hydrogen-bond acceptors (Lipinski definition) is 9. The maximum atomic E-state index is 14.0. The van der Waals surface area contributed by atoms with Gasteiger partial charge in [-0.1, -0.05) is 24.3 Å². The zero-order chi connectivity index (χ0) is 37.9. The van der Waals surface area contributed by atoms with Crippen LogP contribution in [-0.2, 0) is 0 Å². The fourth-order valence-electron chi connectivity index (χ4n) is 8.80. The number of aliphatic hydroxyl groups excluding tert-OH is 2. The smallest absolute Gasteiger partial charge is 0.191 e. The highest BCUT2D eigenvalue weighted by Crippen LogP contribution is 2.42. The number of phenols is 1. The summed E-state index contributed by atoms with van der Waals surface area (Å²) < 4.78 is 53.1. The van der Waals surface area contributed by atoms with Crippen LogP contribution >= 0.6 is 0 Å². The molecule has 3 heterocycles. The fourth-order valence-corrected chi connectivity index (χ4v) is 8.80. The number of ether oxygens (including phenoxy) is 2. The van der Waals surface area contributed by atoms with Crippen LogP contribution in [0.3, 0.4) is 0 Å². The number of pyridine rings is 1. The standard InChI is InChI=1S/C21H23F2NO3.C21H25FN2O3/c22-18-2-1-3-19(23)21(18)27-17-8-14-10-24(11-15(14)9-17)12-20(26)13-4-6-16(25)7-5-13;1-13-2-5-21(18(22)6-13)27-17-7-14-10-24(11-15(14)8-17)12-20(26)19-4-3-16(25)9-23-19/h1-7,14-15,17,20,25-26H,8-12H2;2-6,9,14-15,17,20,25-26H,7-8,10-12H2,1H3/t2*14-,15+,17?,20?. The van der Waals surface area contributed by atoms with Gasteiger partial charge < -0.3 is 29.9 Å². The number of aromatic hydroxyl groups is 2. The van der Waals surface area contributed by atoms with E-state index in [9.17, 15) is 33.6 Å². The van der Waals surface area contributed by atoms with E-state index in [0.717, 1.165) is 63.0 Å². The summed E-state index contributed by atoms with van der Waals surface area (Å²) in [5.74, 6) is 0.588. The predicted octanol–water partition coefficient (Wildman–Crippen LogP) is 6.55. The molecule has 288 valence electrons. The van der Waals surface area contributed by atoms with Crippen molar-refractivity contribution in [3.05, 3.63) is 113 Å². The van der Waals surface area contributed by atoms with Crippen LogP contribution in [0, 0.1) is 48.0 Å². The third-order valence-electron chi connectivity index (χ3n) is 11.4. The normalized spacial score (nSPS) is 26.1. The molecule has 4 N–H and O–H groups in total. The zero-order valence-electron chi connectivity index (χ0n) is 30.3. The first-order chi connectivity index (χ1) is 26.0. The molecule has 2 saturated carbocycles. The molecule has 0 radical (unpaired) electrons. The Kier molecular flexibility index (Phi) is 11.6. The summed E-state index contributed by atoms with van der Waals surface area (Å²) in [6.07, 6.45) is 3.34. The number of aromatic nitrogens is 1. The van der Waals surface area contributed by atoms with Gasteiger partial charge >= 0.3 is 0 Å². The number of para-hydroxylation sites is 1. The number of hydrogen-bond donors (Lipinski definition) is 4. The molecule has 4 fully saturated rings. The Bertz CT molecular complexity index is 1820. The number of halogens is 3. The SMILES string of the molecule is Cc1ccc(OC2C[C@@H]3CN(CC(O)c4ccc(O)cn4)C[C@@H]3C2)c(F)c1.Oc1ccc(C(O)CN2C[C@H]3CC(Oc4c(F)cccc4F)C[C@H]3C2)cc1. The van der Waals surface area contributed by atoms with Crippen LogP contribution in [-0.4, -0.2) is 86.7 Å². The number of likely N-dealkylation sites (tertiary alicyclic amines) is 2. The molecule has 2 aliphatic carbocycles. The Labute approximate surface area is 313 Å². The third-order valence-corrected chi connectivity index (χ3v) is 11.4. The molecule has 8 rings (SSSR count). The molecule has 4 unspecified atom stereocenters. The third kappa shape index (κ3) is 9.11. The highest BCUT2D eigenvalue weighted by Gasteiger charge is 2.43. The largest absolute Gasteiger partial charge is 0.508 e. The van der Waals surface area contributed by atoms with Crippen molar-refractivity contribution in [1.82, 2.24) is 14.8 Å². The molecule has 2 aliphatic heterocycles. The van der Waals surface area contributed by atoms with Crippen molar-refractivity contribution in [2.24, 2.45) is 23.7 Å². The maximum absolute atomic E-state index is 14.0. The molecule has 3 aromatic carbocycles. The lowest BCUT2D eigenvalue weighted by Gasteiger charge is -2.22.